The van der Waals surface area contributed by atoms with Crippen molar-refractivity contribution < 1.29 is 13.6 Å². The number of carbonyl (C=O) groups excluding carboxylic acids is 1. The van der Waals surface area contributed by atoms with Crippen molar-refractivity contribution in [2.45, 2.75) is 45.8 Å². The molecule has 1 heterocycles. The average molecular weight is 220 g/mol. The monoisotopic (exact) mass is 220 g/mol. The molecule has 2 unspecified atom stereocenters. The fourth-order valence-corrected chi connectivity index (χ4v) is 1.63. The highest BCUT2D eigenvalue weighted by Gasteiger charge is 2.35. The lowest BCUT2D eigenvalue weighted by atomic mass is 9.84. The minimum absolute atomic E-state index is 0.00495. The highest BCUT2D eigenvalue weighted by Crippen LogP contribution is 2.20. The summed E-state index contributed by atoms with van der Waals surface area (Å²) in [6.07, 6.45) is -2.98. The van der Waals surface area contributed by atoms with E-state index >= 15 is 0 Å². The lowest BCUT2D eigenvalue weighted by molar-refractivity contribution is -0.129. The van der Waals surface area contributed by atoms with E-state index in [1.54, 1.807) is 20.8 Å². The Labute approximate surface area is 88.6 Å². The van der Waals surface area contributed by atoms with Crippen LogP contribution in [0.25, 0.3) is 0 Å². The molecule has 1 saturated heterocycles. The number of halogens is 2. The van der Waals surface area contributed by atoms with Gasteiger partial charge in [-0.05, 0) is 13.0 Å². The predicted octanol–water partition coefficient (Wildman–Crippen LogP) is 1.14. The lowest BCUT2D eigenvalue weighted by Crippen LogP contribution is -2.60. The molecule has 1 aliphatic heterocycles. The van der Waals surface area contributed by atoms with Gasteiger partial charge in [-0.15, -0.1) is 0 Å². The second-order valence-corrected chi connectivity index (χ2v) is 4.89. The first kappa shape index (κ1) is 12.5. The van der Waals surface area contributed by atoms with Crippen molar-refractivity contribution in [3.05, 3.63) is 0 Å². The zero-order valence-corrected chi connectivity index (χ0v) is 9.31. The zero-order valence-electron chi connectivity index (χ0n) is 9.31. The molecule has 5 heteroatoms. The summed E-state index contributed by atoms with van der Waals surface area (Å²) in [7, 11) is 0. The molecule has 0 aromatic carbocycles. The molecule has 0 radical (unpaired) electrons. The topological polar surface area (TPSA) is 41.1 Å². The number of alkyl halides is 2. The van der Waals surface area contributed by atoms with Gasteiger partial charge >= 0.3 is 0 Å². The first-order chi connectivity index (χ1) is 6.82. The van der Waals surface area contributed by atoms with E-state index in [-0.39, 0.29) is 5.78 Å². The Balaban J connectivity index is 2.60. The van der Waals surface area contributed by atoms with E-state index in [1.807, 2.05) is 0 Å². The number of ketones is 1. The van der Waals surface area contributed by atoms with E-state index in [4.69, 9.17) is 0 Å². The maximum atomic E-state index is 12.4. The molecule has 3 nitrogen and oxygen atoms in total. The van der Waals surface area contributed by atoms with Crippen molar-refractivity contribution in [3.8, 4) is 0 Å². The van der Waals surface area contributed by atoms with Crippen LogP contribution in [0.3, 0.4) is 0 Å². The zero-order chi connectivity index (χ0) is 11.6. The van der Waals surface area contributed by atoms with Crippen molar-refractivity contribution in [2.24, 2.45) is 5.41 Å². The van der Waals surface area contributed by atoms with Gasteiger partial charge in [-0.25, -0.2) is 8.78 Å². The Kier molecular flexibility index (Phi) is 3.78. The molecule has 2 N–H and O–H groups in total. The van der Waals surface area contributed by atoms with Crippen LogP contribution in [0.4, 0.5) is 8.78 Å². The summed E-state index contributed by atoms with van der Waals surface area (Å²) in [5.41, 5.74) is -0.484. The minimum Gasteiger partial charge on any atom is -0.297 e. The fraction of sp³-hybridized carbons (Fsp3) is 0.900. The molecule has 1 aliphatic rings. The molecule has 0 saturated carbocycles. The van der Waals surface area contributed by atoms with E-state index in [0.29, 0.717) is 13.0 Å². The molecule has 1 fully saturated rings. The molecular formula is C10H18F2N2O. The molecule has 88 valence electrons. The Morgan fingerprint density at radius 2 is 2.00 bits per heavy atom. The van der Waals surface area contributed by atoms with Crippen LogP contribution in [0.15, 0.2) is 0 Å². The summed E-state index contributed by atoms with van der Waals surface area (Å²) in [5, 5.41) is 5.29. The first-order valence-electron chi connectivity index (χ1n) is 5.14. The van der Waals surface area contributed by atoms with E-state index in [2.05, 4.69) is 10.6 Å². The summed E-state index contributed by atoms with van der Waals surface area (Å²) in [6.45, 7) is 5.86. The van der Waals surface area contributed by atoms with Crippen LogP contribution in [0.1, 0.15) is 27.2 Å². The average Bonchev–Trinajstić information content (AvgIpc) is 2.15. The third-order valence-corrected chi connectivity index (χ3v) is 2.49. The molecule has 0 aliphatic carbocycles. The van der Waals surface area contributed by atoms with Gasteiger partial charge in [-0.1, -0.05) is 20.8 Å². The molecule has 1 rings (SSSR count). The SMILES string of the molecule is CC(C)(C)C(=O)C1CCNC(C(F)F)N1. The molecule has 0 aromatic heterocycles. The summed E-state index contributed by atoms with van der Waals surface area (Å²) in [5.74, 6) is -0.00495. The Hall–Kier alpha value is -0.550. The summed E-state index contributed by atoms with van der Waals surface area (Å²) in [4.78, 5) is 11.9. The van der Waals surface area contributed by atoms with Gasteiger partial charge < -0.3 is 0 Å². The van der Waals surface area contributed by atoms with E-state index < -0.39 is 24.0 Å². The predicted molar refractivity (Wildman–Crippen MR) is 53.8 cm³/mol. The number of Topliss-reactive ketones (excluding diaryl/α,β-unsaturated/α-hetero) is 1. The largest absolute Gasteiger partial charge is 0.297 e. The summed E-state index contributed by atoms with van der Waals surface area (Å²) >= 11 is 0. The van der Waals surface area contributed by atoms with Crippen LogP contribution in [0.5, 0.6) is 0 Å². The van der Waals surface area contributed by atoms with E-state index in [9.17, 15) is 13.6 Å². The van der Waals surface area contributed by atoms with E-state index in [1.165, 1.54) is 0 Å². The van der Waals surface area contributed by atoms with E-state index in [0.717, 1.165) is 0 Å². The number of rotatable bonds is 2. The van der Waals surface area contributed by atoms with Crippen molar-refractivity contribution >= 4 is 5.78 Å². The first-order valence-corrected chi connectivity index (χ1v) is 5.14. The Bertz CT molecular complexity index is 238. The maximum absolute atomic E-state index is 12.4. The van der Waals surface area contributed by atoms with Gasteiger partial charge in [0.05, 0.1) is 6.04 Å². The normalized spacial score (nSPS) is 28.1. The van der Waals surface area contributed by atoms with Gasteiger partial charge in [0.25, 0.3) is 6.43 Å². The third kappa shape index (κ3) is 3.21. The van der Waals surface area contributed by atoms with Gasteiger partial charge in [0, 0.05) is 5.41 Å². The maximum Gasteiger partial charge on any atom is 0.266 e. The van der Waals surface area contributed by atoms with Crippen LogP contribution in [-0.4, -0.2) is 31.0 Å². The lowest BCUT2D eigenvalue weighted by Gasteiger charge is -2.33. The van der Waals surface area contributed by atoms with Crippen LogP contribution in [0.2, 0.25) is 0 Å². The van der Waals surface area contributed by atoms with Crippen LogP contribution in [-0.2, 0) is 4.79 Å². The second kappa shape index (κ2) is 4.53. The fourth-order valence-electron chi connectivity index (χ4n) is 1.63. The standard InChI is InChI=1S/C10H18F2N2O/c1-10(2,3)7(15)6-4-5-13-9(14-6)8(11)12/h6,8-9,13-14H,4-5H2,1-3H3. The Morgan fingerprint density at radius 3 is 2.47 bits per heavy atom. The number of nitrogens with one attached hydrogen (secondary N) is 2. The van der Waals surface area contributed by atoms with Crippen LogP contribution >= 0.6 is 0 Å². The number of hydrogen-bond donors (Lipinski definition) is 2. The molecule has 0 amide bonds. The van der Waals surface area contributed by atoms with Crippen molar-refractivity contribution in [1.82, 2.24) is 10.6 Å². The highest BCUT2D eigenvalue weighted by molar-refractivity contribution is 5.88. The smallest absolute Gasteiger partial charge is 0.266 e. The number of hydrogen-bond acceptors (Lipinski definition) is 3. The van der Waals surface area contributed by atoms with Crippen molar-refractivity contribution in [3.63, 3.8) is 0 Å². The summed E-state index contributed by atoms with van der Waals surface area (Å²) < 4.78 is 24.8. The quantitative estimate of drug-likeness (QED) is 0.733. The molecule has 0 aromatic rings. The van der Waals surface area contributed by atoms with Crippen LogP contribution in [0, 0.1) is 5.41 Å². The van der Waals surface area contributed by atoms with Crippen LogP contribution < -0.4 is 10.6 Å². The van der Waals surface area contributed by atoms with Crippen molar-refractivity contribution in [2.75, 3.05) is 6.54 Å². The molecule has 0 bridgehead atoms. The highest BCUT2D eigenvalue weighted by atomic mass is 19.3. The summed E-state index contributed by atoms with van der Waals surface area (Å²) in [6, 6.07) is -0.453. The van der Waals surface area contributed by atoms with Gasteiger partial charge in [0.15, 0.2) is 5.78 Å². The minimum atomic E-state index is -2.49. The second-order valence-electron chi connectivity index (χ2n) is 4.89. The van der Waals surface area contributed by atoms with Gasteiger partial charge in [-0.3, -0.25) is 15.4 Å². The molecule has 2 atom stereocenters. The van der Waals surface area contributed by atoms with Crippen molar-refractivity contribution in [1.29, 1.82) is 0 Å². The van der Waals surface area contributed by atoms with Gasteiger partial charge in [0.1, 0.15) is 6.17 Å². The molecule has 15 heavy (non-hydrogen) atoms. The van der Waals surface area contributed by atoms with Gasteiger partial charge in [-0.2, -0.15) is 0 Å². The molecule has 0 spiro atoms. The Morgan fingerprint density at radius 1 is 1.40 bits per heavy atom. The number of carbonyl (C=O) groups is 1. The third-order valence-electron chi connectivity index (χ3n) is 2.49. The van der Waals surface area contributed by atoms with Gasteiger partial charge in [0.2, 0.25) is 0 Å². The molecular weight excluding hydrogens is 202 g/mol.